The molecule has 0 spiro atoms. The van der Waals surface area contributed by atoms with Crippen molar-refractivity contribution in [1.82, 2.24) is 9.62 Å². The quantitative estimate of drug-likeness (QED) is 0.775. The molecule has 0 aliphatic heterocycles. The third-order valence-electron chi connectivity index (χ3n) is 3.45. The molecule has 1 aliphatic carbocycles. The molecule has 0 bridgehead atoms. The van der Waals surface area contributed by atoms with Crippen LogP contribution in [0.2, 0.25) is 0 Å². The van der Waals surface area contributed by atoms with Crippen LogP contribution in [-0.2, 0) is 16.6 Å². The van der Waals surface area contributed by atoms with E-state index in [0.29, 0.717) is 18.2 Å². The first-order valence-corrected chi connectivity index (χ1v) is 8.11. The molecule has 0 radical (unpaired) electrons. The van der Waals surface area contributed by atoms with Gasteiger partial charge in [-0.1, -0.05) is 6.07 Å². The Kier molecular flexibility index (Phi) is 4.74. The van der Waals surface area contributed by atoms with E-state index in [-0.39, 0.29) is 18.0 Å². The van der Waals surface area contributed by atoms with Gasteiger partial charge in [0.1, 0.15) is 10.7 Å². The van der Waals surface area contributed by atoms with Crippen molar-refractivity contribution >= 4 is 10.0 Å². The molecule has 0 unspecified atom stereocenters. The van der Waals surface area contributed by atoms with Gasteiger partial charge in [-0.15, -0.1) is 0 Å². The van der Waals surface area contributed by atoms with Crippen LogP contribution in [0.15, 0.2) is 23.1 Å². The van der Waals surface area contributed by atoms with Crippen LogP contribution in [-0.4, -0.2) is 39.5 Å². The Balaban J connectivity index is 1.98. The molecule has 1 aromatic carbocycles. The average molecular weight is 301 g/mol. The van der Waals surface area contributed by atoms with Gasteiger partial charge in [0, 0.05) is 25.7 Å². The minimum Gasteiger partial charge on any atom is -0.326 e. The first-order chi connectivity index (χ1) is 9.44. The summed E-state index contributed by atoms with van der Waals surface area (Å²) >= 11 is 0. The summed E-state index contributed by atoms with van der Waals surface area (Å²) < 4.78 is 40.2. The second-order valence-corrected chi connectivity index (χ2v) is 6.81. The van der Waals surface area contributed by atoms with Crippen LogP contribution in [0.3, 0.4) is 0 Å². The summed E-state index contributed by atoms with van der Waals surface area (Å²) in [5.74, 6) is -0.768. The highest BCUT2D eigenvalue weighted by Crippen LogP contribution is 2.24. The Morgan fingerprint density at radius 1 is 1.45 bits per heavy atom. The Labute approximate surface area is 119 Å². The molecule has 1 fully saturated rings. The van der Waals surface area contributed by atoms with E-state index >= 15 is 0 Å². The zero-order valence-electron chi connectivity index (χ0n) is 11.5. The average Bonchev–Trinajstić information content (AvgIpc) is 3.22. The van der Waals surface area contributed by atoms with Crippen LogP contribution in [0.25, 0.3) is 0 Å². The molecule has 7 heteroatoms. The molecular weight excluding hydrogens is 281 g/mol. The number of benzene rings is 1. The van der Waals surface area contributed by atoms with E-state index < -0.39 is 15.8 Å². The predicted molar refractivity (Wildman–Crippen MR) is 75.1 cm³/mol. The van der Waals surface area contributed by atoms with Gasteiger partial charge in [0.05, 0.1) is 0 Å². The first kappa shape index (κ1) is 15.4. The Bertz CT molecular complexity index is 573. The monoisotopic (exact) mass is 301 g/mol. The number of nitrogens with two attached hydrogens (primary N) is 1. The van der Waals surface area contributed by atoms with Crippen molar-refractivity contribution in [3.63, 3.8) is 0 Å². The van der Waals surface area contributed by atoms with Crippen LogP contribution in [0.1, 0.15) is 18.4 Å². The number of halogens is 1. The summed E-state index contributed by atoms with van der Waals surface area (Å²) in [5, 5.41) is 0. The second-order valence-electron chi connectivity index (χ2n) is 5.08. The van der Waals surface area contributed by atoms with Crippen molar-refractivity contribution in [3.05, 3.63) is 29.6 Å². The van der Waals surface area contributed by atoms with Crippen molar-refractivity contribution in [3.8, 4) is 0 Å². The van der Waals surface area contributed by atoms with Crippen LogP contribution >= 0.6 is 0 Å². The lowest BCUT2D eigenvalue weighted by atomic mass is 10.2. The van der Waals surface area contributed by atoms with Crippen LogP contribution in [0.4, 0.5) is 4.39 Å². The second kappa shape index (κ2) is 6.17. The van der Waals surface area contributed by atoms with E-state index in [9.17, 15) is 12.8 Å². The van der Waals surface area contributed by atoms with Crippen molar-refractivity contribution in [1.29, 1.82) is 0 Å². The zero-order chi connectivity index (χ0) is 14.8. The third-order valence-corrected chi connectivity index (χ3v) is 4.94. The smallest absolute Gasteiger partial charge is 0.243 e. The number of hydrogen-bond acceptors (Lipinski definition) is 4. The SMILES string of the molecule is CN(CCNS(=O)(=O)c1ccc(CN)cc1F)C1CC1. The molecule has 0 heterocycles. The lowest BCUT2D eigenvalue weighted by Crippen LogP contribution is -2.34. The van der Waals surface area contributed by atoms with E-state index in [1.54, 1.807) is 0 Å². The predicted octanol–water partition coefficient (Wildman–Crippen LogP) is 0.657. The highest BCUT2D eigenvalue weighted by Gasteiger charge is 2.26. The fourth-order valence-electron chi connectivity index (χ4n) is 2.02. The van der Waals surface area contributed by atoms with Gasteiger partial charge in [-0.05, 0) is 37.6 Å². The summed E-state index contributed by atoms with van der Waals surface area (Å²) in [5.41, 5.74) is 5.95. The Hall–Kier alpha value is -1.02. The normalized spacial score (nSPS) is 15.8. The lowest BCUT2D eigenvalue weighted by molar-refractivity contribution is 0.329. The Morgan fingerprint density at radius 2 is 2.15 bits per heavy atom. The van der Waals surface area contributed by atoms with E-state index in [1.165, 1.54) is 25.0 Å². The number of nitrogens with zero attached hydrogens (tertiary/aromatic N) is 1. The largest absolute Gasteiger partial charge is 0.326 e. The van der Waals surface area contributed by atoms with Gasteiger partial charge < -0.3 is 10.6 Å². The van der Waals surface area contributed by atoms with Gasteiger partial charge >= 0.3 is 0 Å². The topological polar surface area (TPSA) is 75.4 Å². The molecule has 1 saturated carbocycles. The highest BCUT2D eigenvalue weighted by atomic mass is 32.2. The highest BCUT2D eigenvalue weighted by molar-refractivity contribution is 7.89. The van der Waals surface area contributed by atoms with Gasteiger partial charge in [-0.2, -0.15) is 0 Å². The summed E-state index contributed by atoms with van der Waals surface area (Å²) in [6.45, 7) is 1.07. The standard InChI is InChI=1S/C13H20FN3O2S/c1-17(11-3-4-11)7-6-16-20(18,19)13-5-2-10(9-15)8-12(13)14/h2,5,8,11,16H,3-4,6-7,9,15H2,1H3. The van der Waals surface area contributed by atoms with Crippen molar-refractivity contribution in [2.24, 2.45) is 5.73 Å². The Morgan fingerprint density at radius 3 is 2.70 bits per heavy atom. The molecule has 0 amide bonds. The molecule has 2 rings (SSSR count). The van der Waals surface area contributed by atoms with E-state index in [2.05, 4.69) is 9.62 Å². The molecule has 1 aromatic rings. The maximum atomic E-state index is 13.8. The van der Waals surface area contributed by atoms with Gasteiger partial charge in [-0.25, -0.2) is 17.5 Å². The number of rotatable bonds is 7. The first-order valence-electron chi connectivity index (χ1n) is 6.62. The number of sulfonamides is 1. The molecule has 3 N–H and O–H groups in total. The van der Waals surface area contributed by atoms with Gasteiger partial charge in [0.2, 0.25) is 10.0 Å². The molecule has 5 nitrogen and oxygen atoms in total. The molecule has 0 saturated heterocycles. The third kappa shape index (κ3) is 3.76. The summed E-state index contributed by atoms with van der Waals surface area (Å²) in [6.07, 6.45) is 2.33. The van der Waals surface area contributed by atoms with E-state index in [1.807, 2.05) is 7.05 Å². The zero-order valence-corrected chi connectivity index (χ0v) is 12.3. The minimum absolute atomic E-state index is 0.177. The van der Waals surface area contributed by atoms with Crippen molar-refractivity contribution < 1.29 is 12.8 Å². The minimum atomic E-state index is -3.81. The molecular formula is C13H20FN3O2S. The number of nitrogens with one attached hydrogen (secondary N) is 1. The lowest BCUT2D eigenvalue weighted by Gasteiger charge is -2.16. The van der Waals surface area contributed by atoms with Crippen molar-refractivity contribution in [2.45, 2.75) is 30.3 Å². The molecule has 20 heavy (non-hydrogen) atoms. The summed E-state index contributed by atoms with van der Waals surface area (Å²) in [4.78, 5) is 1.78. The fourth-order valence-corrected chi connectivity index (χ4v) is 3.10. The van der Waals surface area contributed by atoms with Gasteiger partial charge in [-0.3, -0.25) is 0 Å². The van der Waals surface area contributed by atoms with E-state index in [0.717, 1.165) is 6.07 Å². The molecule has 112 valence electrons. The van der Waals surface area contributed by atoms with Gasteiger partial charge in [0.25, 0.3) is 0 Å². The van der Waals surface area contributed by atoms with E-state index in [4.69, 9.17) is 5.73 Å². The van der Waals surface area contributed by atoms with Crippen LogP contribution < -0.4 is 10.5 Å². The van der Waals surface area contributed by atoms with Crippen LogP contribution in [0.5, 0.6) is 0 Å². The molecule has 1 aliphatic rings. The fraction of sp³-hybridized carbons (Fsp3) is 0.538. The summed E-state index contributed by atoms with van der Waals surface area (Å²) in [6, 6.07) is 4.50. The summed E-state index contributed by atoms with van der Waals surface area (Å²) in [7, 11) is -1.85. The maximum absolute atomic E-state index is 13.8. The van der Waals surface area contributed by atoms with Crippen molar-refractivity contribution in [2.75, 3.05) is 20.1 Å². The number of hydrogen-bond donors (Lipinski definition) is 2. The molecule has 0 atom stereocenters. The number of likely N-dealkylation sites (N-methyl/N-ethyl adjacent to an activating group) is 1. The van der Waals surface area contributed by atoms with Crippen LogP contribution in [0, 0.1) is 5.82 Å². The maximum Gasteiger partial charge on any atom is 0.243 e. The van der Waals surface area contributed by atoms with Gasteiger partial charge in [0.15, 0.2) is 0 Å². The molecule has 0 aromatic heterocycles.